The largest absolute Gasteiger partial charge is 0.394 e. The number of aromatic nitrogens is 2. The van der Waals surface area contributed by atoms with Gasteiger partial charge < -0.3 is 10.4 Å². The number of nitrogens with zero attached hydrogens (tertiary/aromatic N) is 3. The van der Waals surface area contributed by atoms with E-state index >= 15 is 0 Å². The quantitative estimate of drug-likeness (QED) is 0.757. The first-order valence-corrected chi connectivity index (χ1v) is 6.95. The molecule has 1 unspecified atom stereocenters. The van der Waals surface area contributed by atoms with E-state index in [1.807, 2.05) is 12.4 Å². The number of aliphatic hydroxyl groups excluding tert-OH is 1. The van der Waals surface area contributed by atoms with Crippen LogP contribution in [-0.2, 0) is 13.1 Å². The minimum Gasteiger partial charge on any atom is -0.394 e. The molecule has 0 spiro atoms. The predicted octanol–water partition coefficient (Wildman–Crippen LogP) is 0.202. The first-order chi connectivity index (χ1) is 8.85. The number of aliphatic hydroxyl groups is 1. The van der Waals surface area contributed by atoms with Crippen molar-refractivity contribution in [3.8, 4) is 0 Å². The Morgan fingerprint density at radius 3 is 3.06 bits per heavy atom. The molecule has 0 radical (unpaired) electrons. The summed E-state index contributed by atoms with van der Waals surface area (Å²) < 4.78 is 1.79. The smallest absolute Gasteiger partial charge is 0.0640 e. The Morgan fingerprint density at radius 2 is 2.28 bits per heavy atom. The van der Waals surface area contributed by atoms with Crippen LogP contribution in [0.15, 0.2) is 12.4 Å². The van der Waals surface area contributed by atoms with Crippen LogP contribution in [0.1, 0.15) is 24.8 Å². The highest BCUT2D eigenvalue weighted by molar-refractivity contribution is 5.04. The summed E-state index contributed by atoms with van der Waals surface area (Å²) in [6.45, 7) is 4.07. The van der Waals surface area contributed by atoms with Crippen molar-refractivity contribution in [2.45, 2.75) is 44.4 Å². The zero-order valence-electron chi connectivity index (χ0n) is 10.8. The molecule has 0 amide bonds. The van der Waals surface area contributed by atoms with Crippen LogP contribution in [-0.4, -0.2) is 51.6 Å². The van der Waals surface area contributed by atoms with Crippen LogP contribution in [0, 0.1) is 0 Å². The average Bonchev–Trinajstić information content (AvgIpc) is 2.95. The van der Waals surface area contributed by atoms with Crippen LogP contribution >= 0.6 is 0 Å². The molecule has 3 rings (SSSR count). The molecule has 0 aromatic carbocycles. The van der Waals surface area contributed by atoms with Crippen molar-refractivity contribution >= 4 is 0 Å². The fraction of sp³-hybridized carbons (Fsp3) is 0.769. The maximum atomic E-state index is 8.84. The molecule has 1 aliphatic carbocycles. The van der Waals surface area contributed by atoms with E-state index in [2.05, 4.69) is 15.3 Å². The topological polar surface area (TPSA) is 53.3 Å². The molecular weight excluding hydrogens is 228 g/mol. The van der Waals surface area contributed by atoms with Gasteiger partial charge in [0.15, 0.2) is 0 Å². The first-order valence-electron chi connectivity index (χ1n) is 6.95. The monoisotopic (exact) mass is 250 g/mol. The van der Waals surface area contributed by atoms with Crippen molar-refractivity contribution in [2.24, 2.45) is 0 Å². The van der Waals surface area contributed by atoms with Crippen molar-refractivity contribution in [1.29, 1.82) is 0 Å². The Morgan fingerprint density at radius 1 is 1.39 bits per heavy atom. The molecule has 2 heterocycles. The molecule has 1 saturated carbocycles. The maximum Gasteiger partial charge on any atom is 0.0640 e. The molecule has 5 nitrogen and oxygen atoms in total. The second kappa shape index (κ2) is 5.38. The highest BCUT2D eigenvalue weighted by Gasteiger charge is 2.33. The molecule has 18 heavy (non-hydrogen) atoms. The van der Waals surface area contributed by atoms with Crippen molar-refractivity contribution in [3.63, 3.8) is 0 Å². The van der Waals surface area contributed by atoms with Crippen LogP contribution in [0.3, 0.4) is 0 Å². The summed E-state index contributed by atoms with van der Waals surface area (Å²) in [4.78, 5) is 2.62. The Hall–Kier alpha value is -0.910. The van der Waals surface area contributed by atoms with Crippen LogP contribution in [0.2, 0.25) is 0 Å². The molecule has 0 bridgehead atoms. The summed E-state index contributed by atoms with van der Waals surface area (Å²) in [5.74, 6) is 0. The van der Waals surface area contributed by atoms with Gasteiger partial charge >= 0.3 is 0 Å². The number of hydrogen-bond acceptors (Lipinski definition) is 4. The number of nitrogens with one attached hydrogen (secondary N) is 1. The Labute approximate surface area is 108 Å². The third-order valence-electron chi connectivity index (χ3n) is 3.89. The van der Waals surface area contributed by atoms with E-state index in [1.54, 1.807) is 4.68 Å². The van der Waals surface area contributed by atoms with Gasteiger partial charge in [0.05, 0.1) is 19.3 Å². The lowest BCUT2D eigenvalue weighted by Crippen LogP contribution is -2.32. The highest BCUT2D eigenvalue weighted by atomic mass is 16.3. The van der Waals surface area contributed by atoms with Crippen LogP contribution < -0.4 is 5.32 Å². The first kappa shape index (κ1) is 12.1. The number of likely N-dealkylation sites (tertiary alicyclic amines) is 1. The second-order valence-corrected chi connectivity index (χ2v) is 5.43. The molecule has 1 aliphatic heterocycles. The van der Waals surface area contributed by atoms with Gasteiger partial charge in [0.1, 0.15) is 0 Å². The standard InChI is InChI=1S/C13H22N4O/c18-6-5-17-9-11(8-15-17)7-14-12-3-4-16(10-12)13-1-2-13/h8-9,12-14,18H,1-7,10H2. The van der Waals surface area contributed by atoms with E-state index in [0.717, 1.165) is 12.6 Å². The third-order valence-corrected chi connectivity index (χ3v) is 3.89. The Balaban J connectivity index is 1.43. The summed E-state index contributed by atoms with van der Waals surface area (Å²) in [6, 6.07) is 1.52. The molecule has 5 heteroatoms. The van der Waals surface area contributed by atoms with Crippen molar-refractivity contribution in [3.05, 3.63) is 18.0 Å². The van der Waals surface area contributed by atoms with Gasteiger partial charge in [0.25, 0.3) is 0 Å². The zero-order chi connectivity index (χ0) is 12.4. The summed E-state index contributed by atoms with van der Waals surface area (Å²) in [5.41, 5.74) is 1.20. The van der Waals surface area contributed by atoms with E-state index in [0.29, 0.717) is 12.6 Å². The number of rotatable bonds is 6. The maximum absolute atomic E-state index is 8.84. The van der Waals surface area contributed by atoms with Gasteiger partial charge in [-0.05, 0) is 19.3 Å². The number of hydrogen-bond donors (Lipinski definition) is 2. The van der Waals surface area contributed by atoms with E-state index in [9.17, 15) is 0 Å². The lowest BCUT2D eigenvalue weighted by Gasteiger charge is -2.15. The summed E-state index contributed by atoms with van der Waals surface area (Å²) in [5, 5.41) is 16.7. The molecule has 2 fully saturated rings. The molecule has 1 atom stereocenters. The molecule has 2 N–H and O–H groups in total. The van der Waals surface area contributed by atoms with Gasteiger partial charge in [-0.3, -0.25) is 9.58 Å². The van der Waals surface area contributed by atoms with Gasteiger partial charge in [-0.15, -0.1) is 0 Å². The van der Waals surface area contributed by atoms with E-state index in [-0.39, 0.29) is 6.61 Å². The average molecular weight is 250 g/mol. The fourth-order valence-corrected chi connectivity index (χ4v) is 2.71. The van der Waals surface area contributed by atoms with Crippen molar-refractivity contribution in [1.82, 2.24) is 20.0 Å². The van der Waals surface area contributed by atoms with Crippen molar-refractivity contribution in [2.75, 3.05) is 19.7 Å². The third kappa shape index (κ3) is 2.91. The Bertz CT molecular complexity index is 388. The summed E-state index contributed by atoms with van der Waals surface area (Å²) in [6.07, 6.45) is 7.97. The van der Waals surface area contributed by atoms with Gasteiger partial charge in [-0.2, -0.15) is 5.10 Å². The normalized spacial score (nSPS) is 24.8. The Kier molecular flexibility index (Phi) is 3.63. The minimum atomic E-state index is 0.146. The van der Waals surface area contributed by atoms with E-state index in [4.69, 9.17) is 5.11 Å². The van der Waals surface area contributed by atoms with Crippen LogP contribution in [0.25, 0.3) is 0 Å². The molecule has 100 valence electrons. The van der Waals surface area contributed by atoms with Crippen LogP contribution in [0.4, 0.5) is 0 Å². The van der Waals surface area contributed by atoms with Crippen LogP contribution in [0.5, 0.6) is 0 Å². The van der Waals surface area contributed by atoms with E-state index in [1.165, 1.54) is 37.9 Å². The fourth-order valence-electron chi connectivity index (χ4n) is 2.71. The van der Waals surface area contributed by atoms with Gasteiger partial charge in [0.2, 0.25) is 0 Å². The lowest BCUT2D eigenvalue weighted by molar-refractivity contribution is 0.269. The second-order valence-electron chi connectivity index (χ2n) is 5.43. The molecule has 1 aromatic heterocycles. The van der Waals surface area contributed by atoms with Gasteiger partial charge in [-0.25, -0.2) is 0 Å². The molecule has 2 aliphatic rings. The SMILES string of the molecule is OCCn1cc(CNC2CCN(C3CC3)C2)cn1. The zero-order valence-corrected chi connectivity index (χ0v) is 10.8. The lowest BCUT2D eigenvalue weighted by atomic mass is 10.2. The molecule has 1 aromatic rings. The molecule has 1 saturated heterocycles. The van der Waals surface area contributed by atoms with E-state index < -0.39 is 0 Å². The van der Waals surface area contributed by atoms with Crippen molar-refractivity contribution < 1.29 is 5.11 Å². The highest BCUT2D eigenvalue weighted by Crippen LogP contribution is 2.29. The van der Waals surface area contributed by atoms with Gasteiger partial charge in [0, 0.05) is 43.5 Å². The van der Waals surface area contributed by atoms with Gasteiger partial charge in [-0.1, -0.05) is 0 Å². The predicted molar refractivity (Wildman–Crippen MR) is 69.2 cm³/mol. The summed E-state index contributed by atoms with van der Waals surface area (Å²) >= 11 is 0. The summed E-state index contributed by atoms with van der Waals surface area (Å²) in [7, 11) is 0. The molecular formula is C13H22N4O. The minimum absolute atomic E-state index is 0.146.